The van der Waals surface area contributed by atoms with E-state index in [1.807, 2.05) is 0 Å². The van der Waals surface area contributed by atoms with Gasteiger partial charge in [0.2, 0.25) is 5.91 Å². The molecule has 20 heavy (non-hydrogen) atoms. The molecule has 1 saturated carbocycles. The molecule has 0 aromatic rings. The Morgan fingerprint density at radius 2 is 1.95 bits per heavy atom. The first kappa shape index (κ1) is 15.8. The molecule has 2 aliphatic rings. The summed E-state index contributed by atoms with van der Waals surface area (Å²) < 4.78 is 0. The molecule has 1 heterocycles. The summed E-state index contributed by atoms with van der Waals surface area (Å²) in [6.45, 7) is 6.48. The first-order valence-electron chi connectivity index (χ1n) is 8.46. The van der Waals surface area contributed by atoms with Crippen molar-refractivity contribution in [1.29, 1.82) is 0 Å². The number of hydrogen-bond acceptors (Lipinski definition) is 3. The van der Waals surface area contributed by atoms with Crippen LogP contribution in [0.2, 0.25) is 0 Å². The molecule has 116 valence electrons. The van der Waals surface area contributed by atoms with Crippen molar-refractivity contribution >= 4 is 5.91 Å². The van der Waals surface area contributed by atoms with Crippen LogP contribution in [0.3, 0.4) is 0 Å². The lowest BCUT2D eigenvalue weighted by molar-refractivity contribution is -0.126. The molecule has 2 rings (SSSR count). The first-order valence-corrected chi connectivity index (χ1v) is 8.46. The number of likely N-dealkylation sites (tertiary alicyclic amines) is 1. The summed E-state index contributed by atoms with van der Waals surface area (Å²) in [6.07, 6.45) is 9.71. The molecule has 3 N–H and O–H groups in total. The van der Waals surface area contributed by atoms with E-state index in [1.54, 1.807) is 0 Å². The van der Waals surface area contributed by atoms with E-state index in [1.165, 1.54) is 38.8 Å². The summed E-state index contributed by atoms with van der Waals surface area (Å²) in [7, 11) is 0. The van der Waals surface area contributed by atoms with Gasteiger partial charge in [0.1, 0.15) is 5.54 Å². The van der Waals surface area contributed by atoms with Crippen molar-refractivity contribution in [3.63, 3.8) is 0 Å². The number of nitrogens with one attached hydrogen (secondary N) is 1. The topological polar surface area (TPSA) is 58.4 Å². The maximum absolute atomic E-state index is 12.0. The van der Waals surface area contributed by atoms with Gasteiger partial charge in [-0.05, 0) is 64.2 Å². The fourth-order valence-electron chi connectivity index (χ4n) is 4.13. The van der Waals surface area contributed by atoms with Gasteiger partial charge in [-0.2, -0.15) is 0 Å². The number of nitrogens with zero attached hydrogens (tertiary/aromatic N) is 1. The van der Waals surface area contributed by atoms with Gasteiger partial charge in [0.25, 0.3) is 0 Å². The largest absolute Gasteiger partial charge is 0.368 e. The Morgan fingerprint density at radius 1 is 1.25 bits per heavy atom. The fourth-order valence-corrected chi connectivity index (χ4v) is 4.13. The average Bonchev–Trinajstić information content (AvgIpc) is 2.67. The smallest absolute Gasteiger partial charge is 0.238 e. The minimum absolute atomic E-state index is 0.141. The number of primary amides is 1. The lowest BCUT2D eigenvalue weighted by Crippen LogP contribution is -2.58. The summed E-state index contributed by atoms with van der Waals surface area (Å²) in [5.41, 5.74) is 5.30. The Balaban J connectivity index is 1.91. The van der Waals surface area contributed by atoms with Crippen molar-refractivity contribution in [1.82, 2.24) is 10.2 Å². The van der Waals surface area contributed by atoms with Gasteiger partial charge in [-0.1, -0.05) is 26.2 Å². The highest BCUT2D eigenvalue weighted by atomic mass is 16.1. The zero-order valence-corrected chi connectivity index (χ0v) is 13.0. The van der Waals surface area contributed by atoms with E-state index in [0.717, 1.165) is 38.8 Å². The van der Waals surface area contributed by atoms with Crippen molar-refractivity contribution in [2.75, 3.05) is 26.2 Å². The van der Waals surface area contributed by atoms with Gasteiger partial charge in [-0.3, -0.25) is 4.79 Å². The van der Waals surface area contributed by atoms with E-state index >= 15 is 0 Å². The van der Waals surface area contributed by atoms with Crippen LogP contribution in [0.1, 0.15) is 58.3 Å². The number of carbonyl (C=O) groups is 1. The van der Waals surface area contributed by atoms with E-state index in [-0.39, 0.29) is 5.91 Å². The van der Waals surface area contributed by atoms with Crippen LogP contribution in [0.4, 0.5) is 0 Å². The Labute approximate surface area is 123 Å². The van der Waals surface area contributed by atoms with Gasteiger partial charge in [0, 0.05) is 0 Å². The summed E-state index contributed by atoms with van der Waals surface area (Å²) in [6, 6.07) is 0. The third-order valence-electron chi connectivity index (χ3n) is 5.25. The highest BCUT2D eigenvalue weighted by Crippen LogP contribution is 2.38. The maximum Gasteiger partial charge on any atom is 0.238 e. The molecule has 1 amide bonds. The molecule has 0 aromatic heterocycles. The van der Waals surface area contributed by atoms with Crippen molar-refractivity contribution in [2.45, 2.75) is 63.8 Å². The van der Waals surface area contributed by atoms with Crippen LogP contribution in [-0.4, -0.2) is 42.5 Å². The van der Waals surface area contributed by atoms with Crippen molar-refractivity contribution < 1.29 is 4.79 Å². The third kappa shape index (κ3) is 3.53. The number of rotatable bonds is 6. The van der Waals surface area contributed by atoms with Gasteiger partial charge in [-0.15, -0.1) is 0 Å². The molecular formula is C16H31N3O. The lowest BCUT2D eigenvalue weighted by atomic mass is 9.83. The number of likely N-dealkylation sites (N-methyl/N-ethyl adjacent to an activating group) is 1. The number of carbonyl (C=O) groups excluding carboxylic acids is 1. The normalized spacial score (nSPS) is 32.1. The molecule has 1 saturated heterocycles. The predicted octanol–water partition coefficient (Wildman–Crippen LogP) is 1.89. The zero-order valence-electron chi connectivity index (χ0n) is 13.0. The molecule has 0 bridgehead atoms. The van der Waals surface area contributed by atoms with Gasteiger partial charge < -0.3 is 16.0 Å². The van der Waals surface area contributed by atoms with Gasteiger partial charge in [0.15, 0.2) is 0 Å². The second-order valence-electron chi connectivity index (χ2n) is 6.50. The van der Waals surface area contributed by atoms with E-state index in [9.17, 15) is 4.79 Å². The monoisotopic (exact) mass is 281 g/mol. The third-order valence-corrected chi connectivity index (χ3v) is 5.25. The van der Waals surface area contributed by atoms with Gasteiger partial charge >= 0.3 is 0 Å². The minimum Gasteiger partial charge on any atom is -0.368 e. The molecule has 2 unspecified atom stereocenters. The zero-order chi connectivity index (χ0) is 14.4. The van der Waals surface area contributed by atoms with Crippen molar-refractivity contribution in [3.05, 3.63) is 0 Å². The van der Waals surface area contributed by atoms with E-state index < -0.39 is 5.54 Å². The lowest BCUT2D eigenvalue weighted by Gasteiger charge is -2.34. The summed E-state index contributed by atoms with van der Waals surface area (Å²) in [5.74, 6) is 0.279. The molecule has 0 aromatic carbocycles. The average molecular weight is 281 g/mol. The molecule has 4 nitrogen and oxygen atoms in total. The van der Waals surface area contributed by atoms with Gasteiger partial charge in [-0.25, -0.2) is 0 Å². The number of hydrogen-bond donors (Lipinski definition) is 2. The van der Waals surface area contributed by atoms with Crippen LogP contribution >= 0.6 is 0 Å². The Bertz CT molecular complexity index is 313. The molecular weight excluding hydrogens is 250 g/mol. The van der Waals surface area contributed by atoms with Crippen LogP contribution in [0.5, 0.6) is 0 Å². The second kappa shape index (κ2) is 7.41. The first-order chi connectivity index (χ1) is 9.69. The molecule has 0 spiro atoms. The number of nitrogens with two attached hydrogens (primary N) is 1. The molecule has 4 heteroatoms. The predicted molar refractivity (Wildman–Crippen MR) is 82.5 cm³/mol. The molecule has 1 aliphatic heterocycles. The Kier molecular flexibility index (Phi) is 5.85. The number of amides is 1. The Morgan fingerprint density at radius 3 is 2.55 bits per heavy atom. The van der Waals surface area contributed by atoms with Crippen molar-refractivity contribution in [3.8, 4) is 0 Å². The van der Waals surface area contributed by atoms with E-state index in [0.29, 0.717) is 5.92 Å². The quantitative estimate of drug-likeness (QED) is 0.781. The minimum atomic E-state index is -0.430. The van der Waals surface area contributed by atoms with Crippen LogP contribution in [0.15, 0.2) is 0 Å². The SMILES string of the molecule is CCNC1(C(N)=O)CCCC1CCN1CCCCCC1. The highest BCUT2D eigenvalue weighted by molar-refractivity contribution is 5.85. The molecule has 1 aliphatic carbocycles. The van der Waals surface area contributed by atoms with E-state index in [2.05, 4.69) is 17.1 Å². The van der Waals surface area contributed by atoms with Crippen LogP contribution in [-0.2, 0) is 4.79 Å². The molecule has 2 fully saturated rings. The second-order valence-corrected chi connectivity index (χ2v) is 6.50. The molecule has 2 atom stereocenters. The van der Waals surface area contributed by atoms with Gasteiger partial charge in [0.05, 0.1) is 0 Å². The Hall–Kier alpha value is -0.610. The summed E-state index contributed by atoms with van der Waals surface area (Å²) in [5, 5.41) is 3.41. The van der Waals surface area contributed by atoms with Crippen molar-refractivity contribution in [2.24, 2.45) is 11.7 Å². The summed E-state index contributed by atoms with van der Waals surface area (Å²) >= 11 is 0. The molecule has 0 radical (unpaired) electrons. The van der Waals surface area contributed by atoms with Crippen LogP contribution in [0.25, 0.3) is 0 Å². The standard InChI is InChI=1S/C16H31N3O/c1-2-18-16(15(17)20)10-7-8-14(16)9-13-19-11-5-3-4-6-12-19/h14,18H,2-13H2,1H3,(H2,17,20). The van der Waals surface area contributed by atoms with Crippen LogP contribution in [0, 0.1) is 5.92 Å². The summed E-state index contributed by atoms with van der Waals surface area (Å²) in [4.78, 5) is 14.6. The van der Waals surface area contributed by atoms with Crippen LogP contribution < -0.4 is 11.1 Å². The van der Waals surface area contributed by atoms with E-state index in [4.69, 9.17) is 5.73 Å². The highest BCUT2D eigenvalue weighted by Gasteiger charge is 2.46. The maximum atomic E-state index is 12.0. The fraction of sp³-hybridized carbons (Fsp3) is 0.938.